The third-order valence-corrected chi connectivity index (χ3v) is 5.96. The van der Waals surface area contributed by atoms with E-state index in [-0.39, 0.29) is 29.2 Å². The zero-order valence-corrected chi connectivity index (χ0v) is 14.4. The van der Waals surface area contributed by atoms with Gasteiger partial charge in [-0.25, -0.2) is 0 Å². The minimum absolute atomic E-state index is 0. The molecule has 2 fully saturated rings. The van der Waals surface area contributed by atoms with Gasteiger partial charge >= 0.3 is 0 Å². The highest BCUT2D eigenvalue weighted by Crippen LogP contribution is 2.61. The third kappa shape index (κ3) is 2.52. The number of halogens is 1. The molecule has 23 heavy (non-hydrogen) atoms. The van der Waals surface area contributed by atoms with Gasteiger partial charge in [-0.15, -0.1) is 12.4 Å². The van der Waals surface area contributed by atoms with E-state index in [4.69, 9.17) is 10.5 Å². The minimum Gasteiger partial charge on any atom is -0.493 e. The molecule has 1 aromatic carbocycles. The molecule has 1 aromatic rings. The molecule has 2 N–H and O–H groups in total. The second kappa shape index (κ2) is 5.67. The zero-order valence-electron chi connectivity index (χ0n) is 13.6. The highest BCUT2D eigenvalue weighted by atomic mass is 35.5. The van der Waals surface area contributed by atoms with E-state index >= 15 is 0 Å². The van der Waals surface area contributed by atoms with Crippen molar-refractivity contribution in [3.63, 3.8) is 0 Å². The molecule has 1 spiro atoms. The van der Waals surface area contributed by atoms with Crippen LogP contribution in [0.1, 0.15) is 31.7 Å². The maximum absolute atomic E-state index is 12.9. The second-order valence-electron chi connectivity index (χ2n) is 7.53. The first-order valence-corrected chi connectivity index (χ1v) is 8.29. The third-order valence-electron chi connectivity index (χ3n) is 5.96. The molecule has 4 nitrogen and oxygen atoms in total. The van der Waals surface area contributed by atoms with Crippen LogP contribution in [0.4, 0.5) is 0 Å². The Morgan fingerprint density at radius 3 is 2.91 bits per heavy atom. The Morgan fingerprint density at radius 1 is 1.39 bits per heavy atom. The van der Waals surface area contributed by atoms with E-state index in [0.29, 0.717) is 12.5 Å². The van der Waals surface area contributed by atoms with Gasteiger partial charge in [0.05, 0.1) is 6.61 Å². The van der Waals surface area contributed by atoms with Gasteiger partial charge in [0.2, 0.25) is 5.91 Å². The largest absolute Gasteiger partial charge is 0.493 e. The molecule has 2 aliphatic heterocycles. The molecule has 0 aromatic heterocycles. The first kappa shape index (κ1) is 16.6. The molecule has 2 heterocycles. The summed E-state index contributed by atoms with van der Waals surface area (Å²) in [5.74, 6) is 1.43. The van der Waals surface area contributed by atoms with Gasteiger partial charge in [-0.3, -0.25) is 4.79 Å². The lowest BCUT2D eigenvalue weighted by atomic mass is 9.87. The van der Waals surface area contributed by atoms with Gasteiger partial charge in [0.1, 0.15) is 5.75 Å². The highest BCUT2D eigenvalue weighted by Gasteiger charge is 2.62. The first-order valence-electron chi connectivity index (χ1n) is 8.29. The van der Waals surface area contributed by atoms with E-state index in [0.717, 1.165) is 44.7 Å². The quantitative estimate of drug-likeness (QED) is 0.902. The fourth-order valence-corrected chi connectivity index (χ4v) is 4.28. The number of carbonyl (C=O) groups is 1. The van der Waals surface area contributed by atoms with Crippen LogP contribution in [0.15, 0.2) is 24.3 Å². The van der Waals surface area contributed by atoms with Crippen molar-refractivity contribution in [2.75, 3.05) is 26.2 Å². The molecule has 0 radical (unpaired) electrons. The summed E-state index contributed by atoms with van der Waals surface area (Å²) >= 11 is 0. The van der Waals surface area contributed by atoms with Crippen LogP contribution in [0.25, 0.3) is 0 Å². The lowest BCUT2D eigenvalue weighted by Crippen LogP contribution is -2.37. The van der Waals surface area contributed by atoms with Gasteiger partial charge in [0.15, 0.2) is 0 Å². The molecule has 1 aliphatic carbocycles. The Morgan fingerprint density at radius 2 is 2.17 bits per heavy atom. The monoisotopic (exact) mass is 336 g/mol. The van der Waals surface area contributed by atoms with Crippen LogP contribution in [0.2, 0.25) is 0 Å². The topological polar surface area (TPSA) is 55.6 Å². The molecule has 1 saturated carbocycles. The highest BCUT2D eigenvalue weighted by molar-refractivity contribution is 5.85. The van der Waals surface area contributed by atoms with Crippen molar-refractivity contribution >= 4 is 18.3 Å². The van der Waals surface area contributed by atoms with Crippen molar-refractivity contribution in [3.05, 3.63) is 29.8 Å². The van der Waals surface area contributed by atoms with Crippen LogP contribution >= 0.6 is 12.4 Å². The van der Waals surface area contributed by atoms with Gasteiger partial charge in [-0.05, 0) is 37.3 Å². The number of benzene rings is 1. The van der Waals surface area contributed by atoms with Crippen molar-refractivity contribution in [2.45, 2.75) is 31.6 Å². The van der Waals surface area contributed by atoms with Gasteiger partial charge in [0, 0.05) is 30.0 Å². The summed E-state index contributed by atoms with van der Waals surface area (Å²) in [5, 5.41) is 0. The molecule has 1 amide bonds. The lowest BCUT2D eigenvalue weighted by Gasteiger charge is -2.28. The van der Waals surface area contributed by atoms with Crippen molar-refractivity contribution < 1.29 is 9.53 Å². The Balaban J connectivity index is 0.00000156. The molecule has 3 unspecified atom stereocenters. The Bertz CT molecular complexity index is 623. The van der Waals surface area contributed by atoms with Gasteiger partial charge in [-0.1, -0.05) is 25.1 Å². The summed E-state index contributed by atoms with van der Waals surface area (Å²) in [4.78, 5) is 15.0. The summed E-state index contributed by atoms with van der Waals surface area (Å²) in [5.41, 5.74) is 7.24. The zero-order chi connectivity index (χ0) is 15.4. The van der Waals surface area contributed by atoms with Crippen LogP contribution in [0.3, 0.4) is 0 Å². The average molecular weight is 337 g/mol. The predicted molar refractivity (Wildman–Crippen MR) is 91.9 cm³/mol. The van der Waals surface area contributed by atoms with Crippen LogP contribution in [0, 0.1) is 11.3 Å². The van der Waals surface area contributed by atoms with E-state index in [1.165, 1.54) is 5.56 Å². The number of fused-ring (bicyclic) bond motifs is 2. The van der Waals surface area contributed by atoms with E-state index in [9.17, 15) is 4.79 Å². The molecule has 4 rings (SSSR count). The number of rotatable bonds is 2. The van der Waals surface area contributed by atoms with Crippen LogP contribution in [-0.4, -0.2) is 37.0 Å². The lowest BCUT2D eigenvalue weighted by molar-refractivity contribution is -0.132. The Hall–Kier alpha value is -1.26. The standard InChI is InChI=1S/C18H24N2O2.ClH/c1-17(11-19)6-8-20(12-17)16(21)14-10-18(14)7-9-22-15-5-3-2-4-13(15)18;/h2-5,14H,6-12,19H2,1H3;1H. The van der Waals surface area contributed by atoms with E-state index in [1.807, 2.05) is 17.0 Å². The van der Waals surface area contributed by atoms with Crippen molar-refractivity contribution in [1.29, 1.82) is 0 Å². The predicted octanol–water partition coefficient (Wildman–Crippen LogP) is 2.35. The van der Waals surface area contributed by atoms with E-state index in [2.05, 4.69) is 19.1 Å². The SMILES string of the molecule is CC1(CN)CCN(C(=O)C2CC23CCOc2ccccc23)C1.Cl. The summed E-state index contributed by atoms with van der Waals surface area (Å²) in [7, 11) is 0. The molecule has 3 atom stereocenters. The molecular weight excluding hydrogens is 312 g/mol. The number of nitrogens with zero attached hydrogens (tertiary/aromatic N) is 1. The number of nitrogens with two attached hydrogens (primary N) is 1. The van der Waals surface area contributed by atoms with E-state index in [1.54, 1.807) is 0 Å². The smallest absolute Gasteiger partial charge is 0.226 e. The van der Waals surface area contributed by atoms with Gasteiger partial charge in [0.25, 0.3) is 0 Å². The summed E-state index contributed by atoms with van der Waals surface area (Å²) in [6, 6.07) is 8.22. The molecular formula is C18H25ClN2O2. The van der Waals surface area contributed by atoms with Crippen LogP contribution in [0.5, 0.6) is 5.75 Å². The summed E-state index contributed by atoms with van der Waals surface area (Å²) < 4.78 is 5.76. The summed E-state index contributed by atoms with van der Waals surface area (Å²) in [6.07, 6.45) is 2.96. The van der Waals surface area contributed by atoms with Crippen molar-refractivity contribution in [3.8, 4) is 5.75 Å². The number of likely N-dealkylation sites (tertiary alicyclic amines) is 1. The second-order valence-corrected chi connectivity index (χ2v) is 7.53. The maximum Gasteiger partial charge on any atom is 0.226 e. The summed E-state index contributed by atoms with van der Waals surface area (Å²) in [6.45, 7) is 5.24. The number of ether oxygens (including phenoxy) is 1. The molecule has 126 valence electrons. The molecule has 1 saturated heterocycles. The van der Waals surface area contributed by atoms with Crippen molar-refractivity contribution in [2.24, 2.45) is 17.1 Å². The number of carbonyl (C=O) groups excluding carboxylic acids is 1. The van der Waals surface area contributed by atoms with Gasteiger partial charge < -0.3 is 15.4 Å². The number of para-hydroxylation sites is 1. The van der Waals surface area contributed by atoms with Crippen LogP contribution in [-0.2, 0) is 10.2 Å². The Labute approximate surface area is 143 Å². The first-order chi connectivity index (χ1) is 10.6. The molecule has 3 aliphatic rings. The normalized spacial score (nSPS) is 34.5. The number of hydrogen-bond acceptors (Lipinski definition) is 3. The van der Waals surface area contributed by atoms with E-state index < -0.39 is 0 Å². The minimum atomic E-state index is 0. The van der Waals surface area contributed by atoms with Crippen molar-refractivity contribution in [1.82, 2.24) is 4.90 Å². The fraction of sp³-hybridized carbons (Fsp3) is 0.611. The van der Waals surface area contributed by atoms with Crippen LogP contribution < -0.4 is 10.5 Å². The fourth-order valence-electron chi connectivity index (χ4n) is 4.28. The Kier molecular flexibility index (Phi) is 4.09. The van der Waals surface area contributed by atoms with Gasteiger partial charge in [-0.2, -0.15) is 0 Å². The molecule has 5 heteroatoms. The maximum atomic E-state index is 12.9. The average Bonchev–Trinajstić information content (AvgIpc) is 3.11. The molecule has 0 bridgehead atoms. The number of hydrogen-bond donors (Lipinski definition) is 1. The number of amides is 1.